The van der Waals surface area contributed by atoms with Crippen LogP contribution in [-0.2, 0) is 10.3 Å². The van der Waals surface area contributed by atoms with E-state index in [0.29, 0.717) is 6.61 Å². The van der Waals surface area contributed by atoms with Crippen molar-refractivity contribution in [3.8, 4) is 0 Å². The summed E-state index contributed by atoms with van der Waals surface area (Å²) in [5.41, 5.74) is -0.300. The van der Waals surface area contributed by atoms with Gasteiger partial charge in [-0.15, -0.1) is 0 Å². The minimum atomic E-state index is -0.300. The highest BCUT2D eigenvalue weighted by molar-refractivity contribution is 7.71. The highest BCUT2D eigenvalue weighted by Crippen LogP contribution is 2.37. The van der Waals surface area contributed by atoms with Crippen molar-refractivity contribution in [3.05, 3.63) is 10.7 Å². The van der Waals surface area contributed by atoms with E-state index in [2.05, 4.69) is 10.1 Å². The molecule has 0 aromatic carbocycles. The smallest absolute Gasteiger partial charge is 0.314 e. The first-order valence-electron chi connectivity index (χ1n) is 5.97. The van der Waals surface area contributed by atoms with Crippen LogP contribution in [0.2, 0.25) is 0 Å². The predicted octanol–water partition coefficient (Wildman–Crippen LogP) is 3.32. The number of nitrogens with one attached hydrogen (secondary N) is 1. The lowest BCUT2D eigenvalue weighted by Gasteiger charge is -2.29. The Morgan fingerprint density at radius 1 is 1.38 bits per heavy atom. The lowest BCUT2D eigenvalue weighted by molar-refractivity contribution is -0.0636. The average Bonchev–Trinajstić information content (AvgIpc) is 2.57. The highest BCUT2D eigenvalue weighted by atomic mass is 32.1. The lowest BCUT2D eigenvalue weighted by Crippen LogP contribution is -2.30. The maximum absolute atomic E-state index is 5.95. The van der Waals surface area contributed by atoms with Crippen molar-refractivity contribution < 1.29 is 9.26 Å². The molecule has 1 fully saturated rings. The van der Waals surface area contributed by atoms with Crippen molar-refractivity contribution in [2.24, 2.45) is 0 Å². The summed E-state index contributed by atoms with van der Waals surface area (Å²) in [4.78, 5) is 4.50. The fourth-order valence-corrected chi connectivity index (χ4v) is 2.58. The molecule has 0 aliphatic heterocycles. The maximum atomic E-state index is 5.95. The molecule has 4 nitrogen and oxygen atoms in total. The quantitative estimate of drug-likeness (QED) is 0.652. The van der Waals surface area contributed by atoms with E-state index >= 15 is 0 Å². The summed E-state index contributed by atoms with van der Waals surface area (Å²) in [6, 6.07) is 0. The fourth-order valence-electron chi connectivity index (χ4n) is 2.45. The van der Waals surface area contributed by atoms with Crippen molar-refractivity contribution in [3.63, 3.8) is 0 Å². The highest BCUT2D eigenvalue weighted by Gasteiger charge is 2.36. The van der Waals surface area contributed by atoms with Crippen molar-refractivity contribution in [1.82, 2.24) is 10.1 Å². The monoisotopic (exact) mass is 242 g/mol. The number of aromatic nitrogens is 2. The first-order valence-corrected chi connectivity index (χ1v) is 6.37. The van der Waals surface area contributed by atoms with Crippen LogP contribution in [0.1, 0.15) is 51.3 Å². The molecule has 0 radical (unpaired) electrons. The number of hydrogen-bond donors (Lipinski definition) is 1. The first kappa shape index (κ1) is 11.8. The first-order chi connectivity index (χ1) is 7.77. The van der Waals surface area contributed by atoms with Crippen LogP contribution in [0.3, 0.4) is 0 Å². The zero-order valence-electron chi connectivity index (χ0n) is 9.62. The van der Waals surface area contributed by atoms with Gasteiger partial charge in [-0.2, -0.15) is 4.98 Å². The fraction of sp³-hybridized carbons (Fsp3) is 0.818. The summed E-state index contributed by atoms with van der Waals surface area (Å²) in [5, 5.41) is 2.81. The van der Waals surface area contributed by atoms with E-state index in [1.165, 1.54) is 25.7 Å². The second-order valence-corrected chi connectivity index (χ2v) is 4.62. The third kappa shape index (κ3) is 2.35. The minimum absolute atomic E-state index is 0.262. The van der Waals surface area contributed by atoms with E-state index < -0.39 is 0 Å². The largest absolute Gasteiger partial charge is 0.367 e. The summed E-state index contributed by atoms with van der Waals surface area (Å²) in [5.74, 6) is 0.765. The molecule has 1 aromatic heterocycles. The van der Waals surface area contributed by atoms with Crippen LogP contribution in [0.4, 0.5) is 0 Å². The summed E-state index contributed by atoms with van der Waals surface area (Å²) < 4.78 is 11.0. The molecular formula is C11H18N2O2S. The molecule has 2 rings (SSSR count). The van der Waals surface area contributed by atoms with Crippen molar-refractivity contribution >= 4 is 12.2 Å². The Labute approximate surface area is 100 Å². The molecule has 1 aliphatic rings. The molecule has 0 bridgehead atoms. The van der Waals surface area contributed by atoms with Crippen LogP contribution in [0.5, 0.6) is 0 Å². The Bertz CT molecular complexity index is 377. The van der Waals surface area contributed by atoms with Gasteiger partial charge in [0.25, 0.3) is 0 Å². The van der Waals surface area contributed by atoms with Crippen molar-refractivity contribution in [2.75, 3.05) is 6.61 Å². The van der Waals surface area contributed by atoms with Gasteiger partial charge in [0.05, 0.1) is 0 Å². The number of hydrogen-bond acceptors (Lipinski definition) is 4. The molecule has 0 atom stereocenters. The van der Waals surface area contributed by atoms with Crippen LogP contribution < -0.4 is 0 Å². The Balaban J connectivity index is 2.29. The Morgan fingerprint density at radius 2 is 2.06 bits per heavy atom. The zero-order chi connectivity index (χ0) is 11.4. The maximum Gasteiger partial charge on any atom is 0.314 e. The van der Waals surface area contributed by atoms with Gasteiger partial charge in [-0.05, 0) is 32.0 Å². The van der Waals surface area contributed by atoms with Crippen molar-refractivity contribution in [1.29, 1.82) is 0 Å². The SMILES string of the molecule is CCOC1(c2nc(=S)o[nH]2)CCCCCC1. The molecule has 0 spiro atoms. The third-order valence-electron chi connectivity index (χ3n) is 3.20. The molecule has 5 heteroatoms. The van der Waals surface area contributed by atoms with E-state index in [4.69, 9.17) is 21.5 Å². The van der Waals surface area contributed by atoms with Gasteiger partial charge in [-0.1, -0.05) is 25.7 Å². The number of nitrogens with zero attached hydrogens (tertiary/aromatic N) is 1. The van der Waals surface area contributed by atoms with Gasteiger partial charge in [0.15, 0.2) is 5.82 Å². The van der Waals surface area contributed by atoms with E-state index in [0.717, 1.165) is 18.7 Å². The predicted molar refractivity (Wildman–Crippen MR) is 62.7 cm³/mol. The molecule has 1 heterocycles. The number of rotatable bonds is 3. The second-order valence-electron chi connectivity index (χ2n) is 4.27. The van der Waals surface area contributed by atoms with Crippen LogP contribution in [0.25, 0.3) is 0 Å². The van der Waals surface area contributed by atoms with Crippen LogP contribution in [0.15, 0.2) is 4.52 Å². The molecule has 90 valence electrons. The van der Waals surface area contributed by atoms with Gasteiger partial charge in [-0.25, -0.2) is 5.16 Å². The van der Waals surface area contributed by atoms with Crippen molar-refractivity contribution in [2.45, 2.75) is 51.0 Å². The van der Waals surface area contributed by atoms with Crippen LogP contribution in [-0.4, -0.2) is 16.7 Å². The van der Waals surface area contributed by atoms with Gasteiger partial charge in [0.1, 0.15) is 5.60 Å². The minimum Gasteiger partial charge on any atom is -0.367 e. The normalized spacial score (nSPS) is 20.6. The Morgan fingerprint density at radius 3 is 2.56 bits per heavy atom. The molecular weight excluding hydrogens is 224 g/mol. The number of H-pyrrole nitrogens is 1. The molecule has 16 heavy (non-hydrogen) atoms. The Kier molecular flexibility index (Phi) is 3.76. The van der Waals surface area contributed by atoms with Gasteiger partial charge < -0.3 is 9.26 Å². The van der Waals surface area contributed by atoms with Gasteiger partial charge >= 0.3 is 4.84 Å². The zero-order valence-corrected chi connectivity index (χ0v) is 10.4. The molecule has 1 N–H and O–H groups in total. The molecule has 1 saturated carbocycles. The van der Waals surface area contributed by atoms with E-state index in [1.807, 2.05) is 6.92 Å². The van der Waals surface area contributed by atoms with Crippen LogP contribution in [0, 0.1) is 4.84 Å². The van der Waals surface area contributed by atoms with Gasteiger partial charge in [0.2, 0.25) is 0 Å². The Hall–Kier alpha value is -0.680. The summed E-state index contributed by atoms with van der Waals surface area (Å²) in [6.07, 6.45) is 6.89. The van der Waals surface area contributed by atoms with Gasteiger partial charge in [0, 0.05) is 6.61 Å². The molecule has 0 saturated heterocycles. The van der Waals surface area contributed by atoms with E-state index in [1.54, 1.807) is 0 Å². The molecule has 1 aromatic rings. The summed E-state index contributed by atoms with van der Waals surface area (Å²) >= 11 is 4.91. The van der Waals surface area contributed by atoms with E-state index in [-0.39, 0.29) is 10.4 Å². The molecule has 0 amide bonds. The number of ether oxygens (including phenoxy) is 1. The molecule has 0 unspecified atom stereocenters. The second kappa shape index (κ2) is 5.10. The van der Waals surface area contributed by atoms with Crippen LogP contribution >= 0.6 is 12.2 Å². The summed E-state index contributed by atoms with van der Waals surface area (Å²) in [7, 11) is 0. The summed E-state index contributed by atoms with van der Waals surface area (Å²) in [6.45, 7) is 2.70. The van der Waals surface area contributed by atoms with E-state index in [9.17, 15) is 0 Å². The average molecular weight is 242 g/mol. The van der Waals surface area contributed by atoms with Gasteiger partial charge in [-0.3, -0.25) is 0 Å². The lowest BCUT2D eigenvalue weighted by atomic mass is 9.93. The molecule has 1 aliphatic carbocycles. The topological polar surface area (TPSA) is 51.1 Å². The third-order valence-corrected chi connectivity index (χ3v) is 3.38. The standard InChI is InChI=1S/C11H18N2O2S/c1-2-14-11(7-5-3-4-6-8-11)9-12-10(16)15-13-9/h2-8H2,1H3,(H,12,13,16). The number of aromatic amines is 1.